The van der Waals surface area contributed by atoms with Crippen molar-refractivity contribution in [1.82, 2.24) is 4.98 Å². The zero-order valence-corrected chi connectivity index (χ0v) is 11.5. The number of nitrogens with one attached hydrogen (secondary N) is 1. The van der Waals surface area contributed by atoms with Crippen LogP contribution >= 0.6 is 0 Å². The van der Waals surface area contributed by atoms with Gasteiger partial charge in [0.25, 0.3) is 0 Å². The summed E-state index contributed by atoms with van der Waals surface area (Å²) in [5, 5.41) is 3.16. The molecule has 1 amide bonds. The first-order valence-electron chi connectivity index (χ1n) is 6.44. The predicted molar refractivity (Wildman–Crippen MR) is 75.9 cm³/mol. The predicted octanol–water partition coefficient (Wildman–Crippen LogP) is 1.52. The van der Waals surface area contributed by atoms with E-state index in [9.17, 15) is 4.79 Å². The molecule has 0 aliphatic heterocycles. The minimum atomic E-state index is -0.266. The van der Waals surface area contributed by atoms with Gasteiger partial charge in [-0.15, -0.1) is 0 Å². The van der Waals surface area contributed by atoms with Gasteiger partial charge in [0.2, 0.25) is 11.8 Å². The molecule has 0 saturated heterocycles. The Labute approximate surface area is 113 Å². The fourth-order valence-electron chi connectivity index (χ4n) is 1.51. The number of carbonyl (C=O) groups is 1. The lowest BCUT2D eigenvalue weighted by Gasteiger charge is -2.12. The fourth-order valence-corrected chi connectivity index (χ4v) is 1.51. The third kappa shape index (κ3) is 5.94. The molecular formula is C13H22N4O2. The summed E-state index contributed by atoms with van der Waals surface area (Å²) in [4.78, 5) is 14.9. The van der Waals surface area contributed by atoms with Crippen molar-refractivity contribution in [1.29, 1.82) is 0 Å². The SMILES string of the molecule is CC(C)Oc1nc(NCCCCC(N)=O)ccc1N. The normalized spacial score (nSPS) is 10.5. The molecule has 6 nitrogen and oxygen atoms in total. The van der Waals surface area contributed by atoms with Gasteiger partial charge in [0.1, 0.15) is 5.82 Å². The van der Waals surface area contributed by atoms with E-state index in [-0.39, 0.29) is 12.0 Å². The van der Waals surface area contributed by atoms with E-state index in [0.29, 0.717) is 23.8 Å². The number of nitrogens with two attached hydrogens (primary N) is 2. The standard InChI is InChI=1S/C13H22N4O2/c1-9(2)19-13-10(14)6-7-12(17-13)16-8-4-3-5-11(15)18/h6-7,9H,3-5,8,14H2,1-2H3,(H2,15,18)(H,16,17). The van der Waals surface area contributed by atoms with Crippen molar-refractivity contribution in [2.24, 2.45) is 5.73 Å². The summed E-state index contributed by atoms with van der Waals surface area (Å²) in [6.07, 6.45) is 2.07. The van der Waals surface area contributed by atoms with E-state index in [0.717, 1.165) is 19.4 Å². The molecule has 19 heavy (non-hydrogen) atoms. The maximum Gasteiger partial charge on any atom is 0.239 e. The first-order chi connectivity index (χ1) is 8.99. The monoisotopic (exact) mass is 266 g/mol. The van der Waals surface area contributed by atoms with E-state index in [1.54, 1.807) is 12.1 Å². The topological polar surface area (TPSA) is 103 Å². The van der Waals surface area contributed by atoms with Crippen LogP contribution in [-0.2, 0) is 4.79 Å². The van der Waals surface area contributed by atoms with Gasteiger partial charge in [-0.1, -0.05) is 0 Å². The lowest BCUT2D eigenvalue weighted by molar-refractivity contribution is -0.118. The van der Waals surface area contributed by atoms with Gasteiger partial charge in [-0.05, 0) is 38.8 Å². The summed E-state index contributed by atoms with van der Waals surface area (Å²) in [5.74, 6) is 0.888. The number of unbranched alkanes of at least 4 members (excludes halogenated alkanes) is 1. The van der Waals surface area contributed by atoms with Crippen LogP contribution in [0.15, 0.2) is 12.1 Å². The molecule has 0 unspecified atom stereocenters. The second-order valence-corrected chi connectivity index (χ2v) is 4.61. The molecule has 0 bridgehead atoms. The molecular weight excluding hydrogens is 244 g/mol. The fraction of sp³-hybridized carbons (Fsp3) is 0.538. The highest BCUT2D eigenvalue weighted by Crippen LogP contribution is 2.21. The van der Waals surface area contributed by atoms with Crippen LogP contribution in [0.2, 0.25) is 0 Å². The number of pyridine rings is 1. The molecule has 0 radical (unpaired) electrons. The van der Waals surface area contributed by atoms with E-state index < -0.39 is 0 Å². The van der Waals surface area contributed by atoms with Crippen molar-refractivity contribution in [2.45, 2.75) is 39.2 Å². The van der Waals surface area contributed by atoms with Crippen molar-refractivity contribution in [3.8, 4) is 5.88 Å². The van der Waals surface area contributed by atoms with Gasteiger partial charge >= 0.3 is 0 Å². The number of nitrogen functional groups attached to an aromatic ring is 1. The minimum Gasteiger partial charge on any atom is -0.473 e. The third-order valence-electron chi connectivity index (χ3n) is 2.39. The molecule has 6 heteroatoms. The maximum absolute atomic E-state index is 10.6. The molecule has 0 spiro atoms. The number of nitrogens with zero attached hydrogens (tertiary/aromatic N) is 1. The van der Waals surface area contributed by atoms with Gasteiger partial charge in [-0.3, -0.25) is 4.79 Å². The zero-order valence-electron chi connectivity index (χ0n) is 11.5. The molecule has 0 aromatic carbocycles. The van der Waals surface area contributed by atoms with Crippen molar-refractivity contribution in [2.75, 3.05) is 17.6 Å². The Balaban J connectivity index is 2.43. The second-order valence-electron chi connectivity index (χ2n) is 4.61. The first kappa shape index (κ1) is 15.1. The van der Waals surface area contributed by atoms with Gasteiger partial charge < -0.3 is 21.5 Å². The summed E-state index contributed by atoms with van der Waals surface area (Å²) in [5.41, 5.74) is 11.4. The average molecular weight is 266 g/mol. The van der Waals surface area contributed by atoms with E-state index >= 15 is 0 Å². The number of anilines is 2. The van der Waals surface area contributed by atoms with Crippen LogP contribution in [0.5, 0.6) is 5.88 Å². The number of amides is 1. The van der Waals surface area contributed by atoms with E-state index in [4.69, 9.17) is 16.2 Å². The molecule has 0 fully saturated rings. The largest absolute Gasteiger partial charge is 0.473 e. The van der Waals surface area contributed by atoms with Crippen molar-refractivity contribution in [3.63, 3.8) is 0 Å². The van der Waals surface area contributed by atoms with Gasteiger partial charge in [0, 0.05) is 13.0 Å². The Morgan fingerprint density at radius 2 is 2.16 bits per heavy atom. The molecule has 0 saturated carbocycles. The Hall–Kier alpha value is -1.98. The van der Waals surface area contributed by atoms with Crippen molar-refractivity contribution < 1.29 is 9.53 Å². The second kappa shape index (κ2) is 7.45. The lowest BCUT2D eigenvalue weighted by Crippen LogP contribution is -2.12. The lowest BCUT2D eigenvalue weighted by atomic mass is 10.2. The van der Waals surface area contributed by atoms with Gasteiger partial charge in [0.05, 0.1) is 11.8 Å². The van der Waals surface area contributed by atoms with Crippen LogP contribution in [0.1, 0.15) is 33.1 Å². The number of aromatic nitrogens is 1. The minimum absolute atomic E-state index is 0.0283. The van der Waals surface area contributed by atoms with E-state index in [1.807, 2.05) is 13.8 Å². The Bertz CT molecular complexity index is 421. The third-order valence-corrected chi connectivity index (χ3v) is 2.39. The summed E-state index contributed by atoms with van der Waals surface area (Å²) < 4.78 is 5.51. The Morgan fingerprint density at radius 3 is 2.79 bits per heavy atom. The summed E-state index contributed by atoms with van der Waals surface area (Å²) in [6, 6.07) is 3.56. The number of hydrogen-bond acceptors (Lipinski definition) is 5. The van der Waals surface area contributed by atoms with Gasteiger partial charge in [0.15, 0.2) is 0 Å². The van der Waals surface area contributed by atoms with Crippen LogP contribution in [0.25, 0.3) is 0 Å². The zero-order chi connectivity index (χ0) is 14.3. The Morgan fingerprint density at radius 1 is 1.42 bits per heavy atom. The maximum atomic E-state index is 10.6. The number of ether oxygens (including phenoxy) is 1. The molecule has 106 valence electrons. The van der Waals surface area contributed by atoms with Gasteiger partial charge in [-0.2, -0.15) is 4.98 Å². The van der Waals surface area contributed by atoms with E-state index in [1.165, 1.54) is 0 Å². The van der Waals surface area contributed by atoms with Crippen molar-refractivity contribution in [3.05, 3.63) is 12.1 Å². The van der Waals surface area contributed by atoms with E-state index in [2.05, 4.69) is 10.3 Å². The van der Waals surface area contributed by atoms with Crippen LogP contribution in [0.3, 0.4) is 0 Å². The molecule has 0 aliphatic rings. The molecule has 1 aromatic heterocycles. The molecule has 1 heterocycles. The average Bonchev–Trinajstić information content (AvgIpc) is 2.31. The van der Waals surface area contributed by atoms with Crippen molar-refractivity contribution >= 4 is 17.4 Å². The van der Waals surface area contributed by atoms with Crippen LogP contribution in [-0.4, -0.2) is 23.5 Å². The summed E-state index contributed by atoms with van der Waals surface area (Å²) in [6.45, 7) is 4.57. The highest BCUT2D eigenvalue weighted by molar-refractivity contribution is 5.73. The Kier molecular flexibility index (Phi) is 5.92. The van der Waals surface area contributed by atoms with Crippen LogP contribution in [0.4, 0.5) is 11.5 Å². The quantitative estimate of drug-likeness (QED) is 0.619. The number of hydrogen-bond donors (Lipinski definition) is 3. The van der Waals surface area contributed by atoms with Gasteiger partial charge in [-0.25, -0.2) is 0 Å². The van der Waals surface area contributed by atoms with Crippen LogP contribution in [0, 0.1) is 0 Å². The summed E-state index contributed by atoms with van der Waals surface area (Å²) >= 11 is 0. The smallest absolute Gasteiger partial charge is 0.239 e. The molecule has 0 aliphatic carbocycles. The number of rotatable bonds is 8. The molecule has 1 rings (SSSR count). The highest BCUT2D eigenvalue weighted by Gasteiger charge is 2.06. The molecule has 1 aromatic rings. The highest BCUT2D eigenvalue weighted by atomic mass is 16.5. The number of primary amides is 1. The first-order valence-corrected chi connectivity index (χ1v) is 6.44. The molecule has 5 N–H and O–H groups in total. The molecule has 0 atom stereocenters. The number of carbonyl (C=O) groups excluding carboxylic acids is 1. The van der Waals surface area contributed by atoms with Crippen LogP contribution < -0.4 is 21.5 Å². The summed E-state index contributed by atoms with van der Waals surface area (Å²) in [7, 11) is 0.